The smallest absolute Gasteiger partial charge is 0.253 e. The first kappa shape index (κ1) is 21.0. The van der Waals surface area contributed by atoms with E-state index < -0.39 is 6.10 Å². The lowest BCUT2D eigenvalue weighted by atomic mass is 10.2. The summed E-state index contributed by atoms with van der Waals surface area (Å²) in [5.41, 5.74) is 8.49. The minimum absolute atomic E-state index is 0. The van der Waals surface area contributed by atoms with E-state index in [0.717, 1.165) is 48.4 Å². The number of amides is 1. The summed E-state index contributed by atoms with van der Waals surface area (Å²) in [7, 11) is 0. The second kappa shape index (κ2) is 9.04. The Morgan fingerprint density at radius 2 is 2.12 bits per heavy atom. The lowest BCUT2D eigenvalue weighted by Gasteiger charge is -2.12. The second-order valence-electron chi connectivity index (χ2n) is 6.74. The van der Waals surface area contributed by atoms with Gasteiger partial charge in [0, 0.05) is 25.2 Å². The van der Waals surface area contributed by atoms with Gasteiger partial charge in [0.2, 0.25) is 0 Å². The summed E-state index contributed by atoms with van der Waals surface area (Å²) in [6.07, 6.45) is 5.90. The zero-order chi connectivity index (χ0) is 16.5. The fourth-order valence-corrected chi connectivity index (χ4v) is 3.72. The van der Waals surface area contributed by atoms with Crippen LogP contribution < -0.4 is 11.1 Å². The van der Waals surface area contributed by atoms with Crippen LogP contribution in [-0.4, -0.2) is 34.2 Å². The Morgan fingerprint density at radius 1 is 1.27 bits per heavy atom. The molecule has 2 aliphatic heterocycles. The number of aryl methyl sites for hydroxylation is 2. The Bertz CT molecular complexity index is 765. The van der Waals surface area contributed by atoms with Crippen LogP contribution in [0, 0.1) is 0 Å². The van der Waals surface area contributed by atoms with Crippen molar-refractivity contribution >= 4 is 47.4 Å². The fourth-order valence-electron chi connectivity index (χ4n) is 3.72. The first-order chi connectivity index (χ1) is 11.7. The van der Waals surface area contributed by atoms with Gasteiger partial charge in [0.05, 0.1) is 17.1 Å². The number of aromatic nitrogens is 2. The maximum Gasteiger partial charge on any atom is 0.253 e. The van der Waals surface area contributed by atoms with E-state index in [2.05, 4.69) is 16.0 Å². The minimum Gasteiger partial charge on any atom is -0.364 e. The molecule has 1 amide bonds. The predicted octanol–water partition coefficient (Wildman–Crippen LogP) is 3.05. The molecule has 0 bridgehead atoms. The molecule has 2 aromatic rings. The first-order valence-electron chi connectivity index (χ1n) is 8.90. The summed E-state index contributed by atoms with van der Waals surface area (Å²) in [4.78, 5) is 17.1. The zero-order valence-electron chi connectivity index (χ0n) is 14.6. The number of nitrogens with one attached hydrogen (secondary N) is 1. The minimum atomic E-state index is -0.395. The van der Waals surface area contributed by atoms with Crippen LogP contribution in [0.5, 0.6) is 0 Å². The van der Waals surface area contributed by atoms with Crippen LogP contribution in [0.3, 0.4) is 0 Å². The number of carbonyl (C=O) groups is 1. The molecule has 0 aliphatic carbocycles. The van der Waals surface area contributed by atoms with Crippen LogP contribution in [-0.2, 0) is 22.5 Å². The summed E-state index contributed by atoms with van der Waals surface area (Å²) in [5.74, 6) is 1.07. The largest absolute Gasteiger partial charge is 0.364 e. The second-order valence-corrected chi connectivity index (χ2v) is 6.74. The van der Waals surface area contributed by atoms with Crippen molar-refractivity contribution in [2.24, 2.45) is 5.73 Å². The van der Waals surface area contributed by atoms with Crippen molar-refractivity contribution in [3.05, 3.63) is 24.0 Å². The van der Waals surface area contributed by atoms with E-state index in [0.29, 0.717) is 6.54 Å². The summed E-state index contributed by atoms with van der Waals surface area (Å²) in [5, 5.41) is 2.96. The van der Waals surface area contributed by atoms with Gasteiger partial charge in [0.1, 0.15) is 11.9 Å². The molecule has 1 fully saturated rings. The van der Waals surface area contributed by atoms with Crippen LogP contribution in [0.15, 0.2) is 18.2 Å². The van der Waals surface area contributed by atoms with Gasteiger partial charge >= 0.3 is 0 Å². The number of rotatable bonds is 3. The maximum atomic E-state index is 12.3. The maximum absolute atomic E-state index is 12.3. The van der Waals surface area contributed by atoms with Gasteiger partial charge in [0.15, 0.2) is 0 Å². The average Bonchev–Trinajstić information content (AvgIpc) is 3.13. The van der Waals surface area contributed by atoms with Gasteiger partial charge in [-0.15, -0.1) is 24.8 Å². The molecule has 2 atom stereocenters. The molecule has 1 saturated heterocycles. The number of halogens is 2. The highest BCUT2D eigenvalue weighted by Gasteiger charge is 2.29. The van der Waals surface area contributed by atoms with Gasteiger partial charge in [-0.3, -0.25) is 4.79 Å². The molecule has 1 aromatic carbocycles. The van der Waals surface area contributed by atoms with Crippen molar-refractivity contribution < 1.29 is 9.53 Å². The molecule has 3 N–H and O–H groups in total. The van der Waals surface area contributed by atoms with Crippen LogP contribution >= 0.6 is 24.8 Å². The molecular formula is C18H26Cl2N4O2. The van der Waals surface area contributed by atoms with Crippen molar-refractivity contribution in [1.82, 2.24) is 9.55 Å². The number of nitrogens with two attached hydrogens (primary N) is 1. The predicted molar refractivity (Wildman–Crippen MR) is 107 cm³/mol. The number of imidazole rings is 1. The number of carbonyl (C=O) groups excluding carboxylic acids is 1. The highest BCUT2D eigenvalue weighted by atomic mass is 35.5. The van der Waals surface area contributed by atoms with Gasteiger partial charge in [-0.05, 0) is 43.9 Å². The third kappa shape index (κ3) is 4.14. The Hall–Kier alpha value is -1.34. The van der Waals surface area contributed by atoms with Crippen LogP contribution in [0.4, 0.5) is 5.69 Å². The van der Waals surface area contributed by atoms with E-state index in [1.54, 1.807) is 0 Å². The van der Waals surface area contributed by atoms with Crippen molar-refractivity contribution in [1.29, 1.82) is 0 Å². The van der Waals surface area contributed by atoms with E-state index >= 15 is 0 Å². The topological polar surface area (TPSA) is 82.2 Å². The molecule has 3 heterocycles. The van der Waals surface area contributed by atoms with Crippen LogP contribution in [0.25, 0.3) is 11.0 Å². The molecule has 4 rings (SSSR count). The number of nitrogens with zero attached hydrogens (tertiary/aromatic N) is 2. The Morgan fingerprint density at radius 3 is 2.88 bits per heavy atom. The molecule has 6 nitrogen and oxygen atoms in total. The number of benzene rings is 1. The van der Waals surface area contributed by atoms with Gasteiger partial charge in [-0.2, -0.15) is 0 Å². The Kier molecular flexibility index (Phi) is 7.29. The molecule has 0 unspecified atom stereocenters. The zero-order valence-corrected chi connectivity index (χ0v) is 16.3. The highest BCUT2D eigenvalue weighted by Crippen LogP contribution is 2.25. The molecule has 2 aliphatic rings. The average molecular weight is 401 g/mol. The summed E-state index contributed by atoms with van der Waals surface area (Å²) < 4.78 is 7.97. The monoisotopic (exact) mass is 400 g/mol. The molecule has 0 radical (unpaired) electrons. The number of ether oxygens (including phenoxy) is 1. The lowest BCUT2D eigenvalue weighted by Crippen LogP contribution is -2.29. The number of fused-ring (bicyclic) bond motifs is 3. The number of anilines is 1. The van der Waals surface area contributed by atoms with Crippen LogP contribution in [0.2, 0.25) is 0 Å². The van der Waals surface area contributed by atoms with E-state index in [9.17, 15) is 4.79 Å². The molecule has 0 spiro atoms. The normalized spacial score (nSPS) is 22.0. The van der Waals surface area contributed by atoms with E-state index in [4.69, 9.17) is 15.5 Å². The molecular weight excluding hydrogens is 375 g/mol. The van der Waals surface area contributed by atoms with Crippen molar-refractivity contribution in [3.63, 3.8) is 0 Å². The SMILES string of the molecule is Cl.Cl.NC[C@H]1CC[C@@H](C(=O)Nc2ccc3c(c2)nc2n3CCCCC2)O1. The lowest BCUT2D eigenvalue weighted by molar-refractivity contribution is -0.126. The first-order valence-corrected chi connectivity index (χ1v) is 8.90. The van der Waals surface area contributed by atoms with Crippen molar-refractivity contribution in [2.45, 2.75) is 57.3 Å². The standard InChI is InChI=1S/C18H24N4O2.2ClH/c19-11-13-6-8-16(24-13)18(23)20-12-5-7-15-14(10-12)21-17-4-2-1-3-9-22(15)17;;/h5,7,10,13,16H,1-4,6,8-9,11,19H2,(H,20,23);2*1H/t13-,16+;;/m1../s1. The van der Waals surface area contributed by atoms with E-state index in [1.807, 2.05) is 12.1 Å². The van der Waals surface area contributed by atoms with Crippen molar-refractivity contribution in [2.75, 3.05) is 11.9 Å². The summed E-state index contributed by atoms with van der Waals surface area (Å²) >= 11 is 0. The van der Waals surface area contributed by atoms with Gasteiger partial charge in [0.25, 0.3) is 5.91 Å². The molecule has 0 saturated carbocycles. The van der Waals surface area contributed by atoms with Gasteiger partial charge < -0.3 is 20.4 Å². The molecule has 8 heteroatoms. The molecule has 144 valence electrons. The third-order valence-corrected chi connectivity index (χ3v) is 5.04. The number of hydrogen-bond donors (Lipinski definition) is 2. The Labute approximate surface area is 165 Å². The summed E-state index contributed by atoms with van der Waals surface area (Å²) in [6.45, 7) is 1.50. The molecule has 1 aromatic heterocycles. The third-order valence-electron chi connectivity index (χ3n) is 5.04. The van der Waals surface area contributed by atoms with Crippen molar-refractivity contribution in [3.8, 4) is 0 Å². The van der Waals surface area contributed by atoms with Gasteiger partial charge in [-0.25, -0.2) is 4.98 Å². The van der Waals surface area contributed by atoms with E-state index in [1.165, 1.54) is 19.3 Å². The van der Waals surface area contributed by atoms with E-state index in [-0.39, 0.29) is 36.8 Å². The Balaban J connectivity index is 0.00000121. The number of hydrogen-bond acceptors (Lipinski definition) is 4. The summed E-state index contributed by atoms with van der Waals surface area (Å²) in [6, 6.07) is 5.98. The van der Waals surface area contributed by atoms with Crippen LogP contribution in [0.1, 0.15) is 37.9 Å². The quantitative estimate of drug-likeness (QED) is 0.828. The highest BCUT2D eigenvalue weighted by molar-refractivity contribution is 5.96. The fraction of sp³-hybridized carbons (Fsp3) is 0.556. The molecule has 26 heavy (non-hydrogen) atoms. The van der Waals surface area contributed by atoms with Gasteiger partial charge in [-0.1, -0.05) is 6.42 Å².